The lowest BCUT2D eigenvalue weighted by Gasteiger charge is -2.13. The SMILES string of the molecule is CCCOc1ccc(Oc2ncccc2CN=C(NCC)NCc2ccnn2C)cc1. The molecule has 31 heavy (non-hydrogen) atoms. The van der Waals surface area contributed by atoms with Crippen molar-refractivity contribution in [2.75, 3.05) is 13.2 Å². The molecule has 8 heteroatoms. The van der Waals surface area contributed by atoms with Gasteiger partial charge in [-0.15, -0.1) is 0 Å². The number of nitrogens with one attached hydrogen (secondary N) is 2. The highest BCUT2D eigenvalue weighted by Crippen LogP contribution is 2.25. The van der Waals surface area contributed by atoms with Gasteiger partial charge in [0.25, 0.3) is 0 Å². The van der Waals surface area contributed by atoms with E-state index in [0.29, 0.717) is 31.3 Å². The average molecular weight is 423 g/mol. The second kappa shape index (κ2) is 11.6. The molecule has 0 aliphatic heterocycles. The van der Waals surface area contributed by atoms with E-state index in [4.69, 9.17) is 9.47 Å². The van der Waals surface area contributed by atoms with Gasteiger partial charge in [-0.05, 0) is 49.7 Å². The minimum Gasteiger partial charge on any atom is -0.494 e. The first-order valence-corrected chi connectivity index (χ1v) is 10.5. The van der Waals surface area contributed by atoms with Gasteiger partial charge in [0.1, 0.15) is 11.5 Å². The van der Waals surface area contributed by atoms with Crippen molar-refractivity contribution in [1.82, 2.24) is 25.4 Å². The molecular weight excluding hydrogens is 392 g/mol. The Morgan fingerprint density at radius 1 is 1.03 bits per heavy atom. The third kappa shape index (κ3) is 6.74. The third-order valence-electron chi connectivity index (χ3n) is 4.47. The van der Waals surface area contributed by atoms with Crippen molar-refractivity contribution in [2.24, 2.45) is 12.0 Å². The topological polar surface area (TPSA) is 85.6 Å². The maximum absolute atomic E-state index is 6.01. The maximum atomic E-state index is 6.01. The smallest absolute Gasteiger partial charge is 0.224 e. The summed E-state index contributed by atoms with van der Waals surface area (Å²) in [5, 5.41) is 10.8. The second-order valence-corrected chi connectivity index (χ2v) is 6.88. The number of nitrogens with zero attached hydrogens (tertiary/aromatic N) is 4. The van der Waals surface area contributed by atoms with Crippen LogP contribution < -0.4 is 20.1 Å². The average Bonchev–Trinajstić information content (AvgIpc) is 3.20. The molecule has 0 aliphatic rings. The summed E-state index contributed by atoms with van der Waals surface area (Å²) in [6, 6.07) is 13.4. The number of hydrogen-bond acceptors (Lipinski definition) is 5. The molecule has 0 fully saturated rings. The summed E-state index contributed by atoms with van der Waals surface area (Å²) >= 11 is 0. The number of aromatic nitrogens is 3. The van der Waals surface area contributed by atoms with Gasteiger partial charge in [-0.1, -0.05) is 13.0 Å². The third-order valence-corrected chi connectivity index (χ3v) is 4.47. The largest absolute Gasteiger partial charge is 0.494 e. The Kier molecular flexibility index (Phi) is 8.28. The van der Waals surface area contributed by atoms with E-state index in [1.54, 1.807) is 12.4 Å². The van der Waals surface area contributed by atoms with Crippen molar-refractivity contribution in [3.63, 3.8) is 0 Å². The summed E-state index contributed by atoms with van der Waals surface area (Å²) in [5.41, 5.74) is 1.97. The van der Waals surface area contributed by atoms with Gasteiger partial charge in [-0.3, -0.25) is 4.68 Å². The first-order chi connectivity index (χ1) is 15.2. The molecule has 0 unspecified atom stereocenters. The molecule has 0 amide bonds. The number of benzene rings is 1. The summed E-state index contributed by atoms with van der Waals surface area (Å²) in [6.07, 6.45) is 4.47. The standard InChI is InChI=1S/C23H30N6O2/c1-4-15-30-20-8-10-21(11-9-20)31-22-18(7-6-13-25-22)16-26-23(24-5-2)27-17-19-12-14-28-29(19)3/h6-14H,4-5,15-17H2,1-3H3,(H2,24,26,27). The van der Waals surface area contributed by atoms with Crippen LogP contribution in [-0.2, 0) is 20.1 Å². The molecule has 3 aromatic rings. The lowest BCUT2D eigenvalue weighted by molar-refractivity contribution is 0.317. The van der Waals surface area contributed by atoms with Crippen molar-refractivity contribution in [3.05, 3.63) is 66.1 Å². The fraction of sp³-hybridized carbons (Fsp3) is 0.348. The Morgan fingerprint density at radius 2 is 1.84 bits per heavy atom. The molecule has 0 bridgehead atoms. The van der Waals surface area contributed by atoms with Crippen molar-refractivity contribution in [3.8, 4) is 17.4 Å². The molecule has 0 saturated carbocycles. The predicted molar refractivity (Wildman–Crippen MR) is 121 cm³/mol. The number of rotatable bonds is 10. The summed E-state index contributed by atoms with van der Waals surface area (Å²) < 4.78 is 13.5. The molecule has 2 aromatic heterocycles. The van der Waals surface area contributed by atoms with E-state index in [1.165, 1.54) is 0 Å². The molecule has 1 aromatic carbocycles. The Morgan fingerprint density at radius 3 is 2.55 bits per heavy atom. The van der Waals surface area contributed by atoms with Crippen molar-refractivity contribution in [2.45, 2.75) is 33.4 Å². The zero-order valence-electron chi connectivity index (χ0n) is 18.3. The Hall–Kier alpha value is -3.55. The normalized spacial score (nSPS) is 11.3. The Labute approximate surface area is 183 Å². The molecule has 0 radical (unpaired) electrons. The fourth-order valence-electron chi connectivity index (χ4n) is 2.83. The van der Waals surface area contributed by atoms with E-state index in [2.05, 4.69) is 32.6 Å². The van der Waals surface area contributed by atoms with Crippen LogP contribution in [0, 0.1) is 0 Å². The van der Waals surface area contributed by atoms with E-state index in [-0.39, 0.29) is 0 Å². The fourth-order valence-corrected chi connectivity index (χ4v) is 2.83. The molecule has 0 atom stereocenters. The number of guanidine groups is 1. The number of hydrogen-bond donors (Lipinski definition) is 2. The van der Waals surface area contributed by atoms with Crippen LogP contribution >= 0.6 is 0 Å². The molecule has 164 valence electrons. The van der Waals surface area contributed by atoms with Crippen molar-refractivity contribution >= 4 is 5.96 Å². The predicted octanol–water partition coefficient (Wildman–Crippen LogP) is 3.65. The molecule has 2 N–H and O–H groups in total. The molecule has 8 nitrogen and oxygen atoms in total. The van der Waals surface area contributed by atoms with Crippen molar-refractivity contribution in [1.29, 1.82) is 0 Å². The van der Waals surface area contributed by atoms with Crippen LogP contribution in [0.4, 0.5) is 0 Å². The summed E-state index contributed by atoms with van der Waals surface area (Å²) in [7, 11) is 1.92. The van der Waals surface area contributed by atoms with Crippen LogP contribution in [0.5, 0.6) is 17.4 Å². The lowest BCUT2D eigenvalue weighted by Crippen LogP contribution is -2.37. The molecule has 2 heterocycles. The number of aryl methyl sites for hydroxylation is 1. The minimum absolute atomic E-state index is 0.432. The van der Waals surface area contributed by atoms with E-state index in [9.17, 15) is 0 Å². The summed E-state index contributed by atoms with van der Waals surface area (Å²) in [4.78, 5) is 9.08. The highest BCUT2D eigenvalue weighted by molar-refractivity contribution is 5.79. The first kappa shape index (κ1) is 22.1. The maximum Gasteiger partial charge on any atom is 0.224 e. The molecule has 0 spiro atoms. The van der Waals surface area contributed by atoms with Gasteiger partial charge in [0.2, 0.25) is 5.88 Å². The van der Waals surface area contributed by atoms with Crippen LogP contribution in [0.1, 0.15) is 31.5 Å². The highest BCUT2D eigenvalue weighted by atomic mass is 16.5. The van der Waals surface area contributed by atoms with Gasteiger partial charge in [0.05, 0.1) is 25.4 Å². The van der Waals surface area contributed by atoms with Crippen LogP contribution in [0.3, 0.4) is 0 Å². The zero-order valence-corrected chi connectivity index (χ0v) is 18.3. The van der Waals surface area contributed by atoms with Gasteiger partial charge in [-0.2, -0.15) is 5.10 Å². The first-order valence-electron chi connectivity index (χ1n) is 10.5. The zero-order chi connectivity index (χ0) is 21.9. The van der Waals surface area contributed by atoms with Crippen LogP contribution in [0.15, 0.2) is 59.9 Å². The van der Waals surface area contributed by atoms with E-state index in [1.807, 2.05) is 61.1 Å². The summed E-state index contributed by atoms with van der Waals surface area (Å²) in [5.74, 6) is 2.79. The number of aliphatic imine (C=N–C) groups is 1. The molecule has 3 rings (SSSR count). The number of pyridine rings is 1. The molecule has 0 saturated heterocycles. The Bertz CT molecular complexity index is 968. The van der Waals surface area contributed by atoms with E-state index in [0.717, 1.165) is 35.9 Å². The highest BCUT2D eigenvalue weighted by Gasteiger charge is 2.08. The Balaban J connectivity index is 1.66. The summed E-state index contributed by atoms with van der Waals surface area (Å²) in [6.45, 7) is 6.64. The van der Waals surface area contributed by atoms with Gasteiger partial charge < -0.3 is 20.1 Å². The van der Waals surface area contributed by atoms with Crippen molar-refractivity contribution < 1.29 is 9.47 Å². The van der Waals surface area contributed by atoms with Gasteiger partial charge in [-0.25, -0.2) is 9.98 Å². The number of ether oxygens (including phenoxy) is 2. The minimum atomic E-state index is 0.432. The van der Waals surface area contributed by atoms with Crippen LogP contribution in [0.2, 0.25) is 0 Å². The second-order valence-electron chi connectivity index (χ2n) is 6.88. The van der Waals surface area contributed by atoms with Crippen LogP contribution in [-0.4, -0.2) is 33.9 Å². The quantitative estimate of drug-likeness (QED) is 0.383. The van der Waals surface area contributed by atoms with E-state index < -0.39 is 0 Å². The van der Waals surface area contributed by atoms with Gasteiger partial charge in [0.15, 0.2) is 5.96 Å². The molecule has 0 aliphatic carbocycles. The van der Waals surface area contributed by atoms with Crippen LogP contribution in [0.25, 0.3) is 0 Å². The molecular formula is C23H30N6O2. The van der Waals surface area contributed by atoms with Gasteiger partial charge >= 0.3 is 0 Å². The monoisotopic (exact) mass is 422 g/mol. The van der Waals surface area contributed by atoms with Gasteiger partial charge in [0, 0.05) is 31.5 Å². The lowest BCUT2D eigenvalue weighted by atomic mass is 10.2. The van der Waals surface area contributed by atoms with E-state index >= 15 is 0 Å².